The second kappa shape index (κ2) is 6.02. The zero-order valence-electron chi connectivity index (χ0n) is 12.2. The Morgan fingerprint density at radius 1 is 1.20 bits per heavy atom. The van der Waals surface area contributed by atoms with Crippen LogP contribution in [0.1, 0.15) is 24.0 Å². The maximum absolute atomic E-state index is 6.03. The molecule has 4 heteroatoms. The lowest BCUT2D eigenvalue weighted by Crippen LogP contribution is -2.43. The van der Waals surface area contributed by atoms with Gasteiger partial charge in [0.15, 0.2) is 0 Å². The molecule has 1 aliphatic carbocycles. The number of methoxy groups -OCH3 is 1. The van der Waals surface area contributed by atoms with E-state index in [1.165, 1.54) is 24.0 Å². The standard InChI is InChI=1S/C16H24N2O2/c1-19-16-14-6-5-13(18-8-10-20-11-9-18)4-2-12(14)3-7-15(16)17/h3,7,13H,2,4-6,8-11,17H2,1H3. The first-order valence-corrected chi connectivity index (χ1v) is 7.55. The molecule has 2 N–H and O–H groups in total. The van der Waals surface area contributed by atoms with Gasteiger partial charge in [0.05, 0.1) is 26.0 Å². The van der Waals surface area contributed by atoms with Gasteiger partial charge in [0.2, 0.25) is 0 Å². The summed E-state index contributed by atoms with van der Waals surface area (Å²) in [6.07, 6.45) is 4.59. The molecule has 0 bridgehead atoms. The Bertz CT molecular complexity index is 470. The molecule has 0 radical (unpaired) electrons. The number of hydrogen-bond donors (Lipinski definition) is 1. The molecule has 0 amide bonds. The fraction of sp³-hybridized carbons (Fsp3) is 0.625. The van der Waals surface area contributed by atoms with E-state index >= 15 is 0 Å². The van der Waals surface area contributed by atoms with E-state index < -0.39 is 0 Å². The summed E-state index contributed by atoms with van der Waals surface area (Å²) in [6, 6.07) is 4.82. The summed E-state index contributed by atoms with van der Waals surface area (Å²) in [5.41, 5.74) is 9.52. The molecule has 110 valence electrons. The Hall–Kier alpha value is -1.26. The van der Waals surface area contributed by atoms with Crippen molar-refractivity contribution in [2.75, 3.05) is 39.1 Å². The molecule has 1 aromatic carbocycles. The topological polar surface area (TPSA) is 47.7 Å². The molecule has 0 aromatic heterocycles. The van der Waals surface area contributed by atoms with Crippen LogP contribution in [-0.2, 0) is 17.6 Å². The van der Waals surface area contributed by atoms with E-state index in [9.17, 15) is 0 Å². The van der Waals surface area contributed by atoms with Crippen LogP contribution < -0.4 is 10.5 Å². The Balaban J connectivity index is 1.77. The molecule has 1 heterocycles. The average Bonchev–Trinajstić information content (AvgIpc) is 2.71. The minimum Gasteiger partial charge on any atom is -0.494 e. The van der Waals surface area contributed by atoms with Crippen molar-refractivity contribution in [1.29, 1.82) is 0 Å². The molecule has 1 unspecified atom stereocenters. The molecule has 0 saturated carbocycles. The summed E-state index contributed by atoms with van der Waals surface area (Å²) in [4.78, 5) is 2.59. The SMILES string of the molecule is COc1c(N)ccc2c1CCC(N1CCOCC1)CC2. The van der Waals surface area contributed by atoms with Gasteiger partial charge in [-0.1, -0.05) is 6.07 Å². The maximum atomic E-state index is 6.03. The first kappa shape index (κ1) is 13.7. The molecule has 3 rings (SSSR count). The van der Waals surface area contributed by atoms with Gasteiger partial charge in [0, 0.05) is 19.1 Å². The van der Waals surface area contributed by atoms with E-state index in [4.69, 9.17) is 15.2 Å². The Morgan fingerprint density at radius 3 is 2.70 bits per heavy atom. The lowest BCUT2D eigenvalue weighted by molar-refractivity contribution is 0.0136. The predicted molar refractivity (Wildman–Crippen MR) is 80.2 cm³/mol. The van der Waals surface area contributed by atoms with Gasteiger partial charge in [-0.3, -0.25) is 4.90 Å². The van der Waals surface area contributed by atoms with Gasteiger partial charge in [-0.2, -0.15) is 0 Å². The molecule has 20 heavy (non-hydrogen) atoms. The fourth-order valence-electron chi connectivity index (χ4n) is 3.52. The van der Waals surface area contributed by atoms with Gasteiger partial charge >= 0.3 is 0 Å². The van der Waals surface area contributed by atoms with Gasteiger partial charge in [-0.05, 0) is 42.9 Å². The molecule has 0 spiro atoms. The second-order valence-corrected chi connectivity index (χ2v) is 5.71. The number of ether oxygens (including phenoxy) is 2. The summed E-state index contributed by atoms with van der Waals surface area (Å²) in [5, 5.41) is 0. The van der Waals surface area contributed by atoms with Crippen molar-refractivity contribution in [2.45, 2.75) is 31.7 Å². The van der Waals surface area contributed by atoms with Gasteiger partial charge in [0.1, 0.15) is 5.75 Å². The first-order chi connectivity index (χ1) is 9.79. The normalized spacial score (nSPS) is 23.9. The summed E-state index contributed by atoms with van der Waals surface area (Å²) < 4.78 is 11.0. The number of aryl methyl sites for hydroxylation is 1. The molecule has 4 nitrogen and oxygen atoms in total. The Kier molecular flexibility index (Phi) is 4.13. The van der Waals surface area contributed by atoms with Gasteiger partial charge in [0.25, 0.3) is 0 Å². The van der Waals surface area contributed by atoms with E-state index in [0.29, 0.717) is 6.04 Å². The molecule has 1 aliphatic heterocycles. The third kappa shape index (κ3) is 2.63. The number of nitrogens with zero attached hydrogens (tertiary/aromatic N) is 1. The summed E-state index contributed by atoms with van der Waals surface area (Å²) >= 11 is 0. The van der Waals surface area contributed by atoms with Crippen LogP contribution in [0.4, 0.5) is 5.69 Å². The van der Waals surface area contributed by atoms with Gasteiger partial charge in [-0.25, -0.2) is 0 Å². The number of hydrogen-bond acceptors (Lipinski definition) is 4. The minimum atomic E-state index is 0.664. The monoisotopic (exact) mass is 276 g/mol. The van der Waals surface area contributed by atoms with E-state index in [2.05, 4.69) is 11.0 Å². The smallest absolute Gasteiger partial charge is 0.145 e. The van der Waals surface area contributed by atoms with Crippen molar-refractivity contribution in [3.05, 3.63) is 23.3 Å². The molecular formula is C16H24N2O2. The van der Waals surface area contributed by atoms with Crippen molar-refractivity contribution < 1.29 is 9.47 Å². The van der Waals surface area contributed by atoms with Crippen LogP contribution in [0.3, 0.4) is 0 Å². The van der Waals surface area contributed by atoms with Gasteiger partial charge < -0.3 is 15.2 Å². The van der Waals surface area contributed by atoms with E-state index in [0.717, 1.165) is 50.6 Å². The molecule has 1 fully saturated rings. The Labute approximate surface area is 120 Å². The molecular weight excluding hydrogens is 252 g/mol. The van der Waals surface area contributed by atoms with Crippen LogP contribution >= 0.6 is 0 Å². The molecule has 1 saturated heterocycles. The second-order valence-electron chi connectivity index (χ2n) is 5.71. The highest BCUT2D eigenvalue weighted by Gasteiger charge is 2.25. The van der Waals surface area contributed by atoms with Crippen LogP contribution in [0.25, 0.3) is 0 Å². The minimum absolute atomic E-state index is 0.664. The van der Waals surface area contributed by atoms with Gasteiger partial charge in [-0.15, -0.1) is 0 Å². The Morgan fingerprint density at radius 2 is 1.95 bits per heavy atom. The number of morpholine rings is 1. The highest BCUT2D eigenvalue weighted by molar-refractivity contribution is 5.59. The zero-order chi connectivity index (χ0) is 13.9. The summed E-state index contributed by atoms with van der Waals surface area (Å²) in [5.74, 6) is 0.894. The molecule has 1 atom stereocenters. The van der Waals surface area contributed by atoms with Crippen LogP contribution in [0.2, 0.25) is 0 Å². The highest BCUT2D eigenvalue weighted by Crippen LogP contribution is 2.34. The quantitative estimate of drug-likeness (QED) is 0.661. The first-order valence-electron chi connectivity index (χ1n) is 7.55. The highest BCUT2D eigenvalue weighted by atomic mass is 16.5. The van der Waals surface area contributed by atoms with Crippen molar-refractivity contribution >= 4 is 5.69 Å². The zero-order valence-corrected chi connectivity index (χ0v) is 12.2. The number of benzene rings is 1. The van der Waals surface area contributed by atoms with E-state index in [1.54, 1.807) is 7.11 Å². The van der Waals surface area contributed by atoms with Crippen LogP contribution in [-0.4, -0.2) is 44.4 Å². The van der Waals surface area contributed by atoms with Crippen LogP contribution in [0.15, 0.2) is 12.1 Å². The van der Waals surface area contributed by atoms with E-state index in [-0.39, 0.29) is 0 Å². The van der Waals surface area contributed by atoms with Crippen molar-refractivity contribution in [3.63, 3.8) is 0 Å². The van der Waals surface area contributed by atoms with Crippen molar-refractivity contribution in [2.24, 2.45) is 0 Å². The fourth-order valence-corrected chi connectivity index (χ4v) is 3.52. The van der Waals surface area contributed by atoms with Crippen LogP contribution in [0.5, 0.6) is 5.75 Å². The lowest BCUT2D eigenvalue weighted by Gasteiger charge is -2.33. The third-order valence-corrected chi connectivity index (χ3v) is 4.63. The number of fused-ring (bicyclic) bond motifs is 1. The summed E-state index contributed by atoms with van der Waals surface area (Å²) in [7, 11) is 1.72. The number of nitrogens with two attached hydrogens (primary N) is 1. The maximum Gasteiger partial charge on any atom is 0.145 e. The van der Waals surface area contributed by atoms with E-state index in [1.807, 2.05) is 6.07 Å². The summed E-state index contributed by atoms with van der Waals surface area (Å²) in [6.45, 7) is 3.89. The molecule has 1 aromatic rings. The van der Waals surface area contributed by atoms with Crippen molar-refractivity contribution in [3.8, 4) is 5.75 Å². The number of nitrogen functional groups attached to an aromatic ring is 1. The predicted octanol–water partition coefficient (Wildman–Crippen LogP) is 1.86. The lowest BCUT2D eigenvalue weighted by atomic mass is 10.0. The third-order valence-electron chi connectivity index (χ3n) is 4.63. The number of rotatable bonds is 2. The largest absolute Gasteiger partial charge is 0.494 e. The average molecular weight is 276 g/mol. The number of anilines is 1. The molecule has 2 aliphatic rings. The van der Waals surface area contributed by atoms with Crippen molar-refractivity contribution in [1.82, 2.24) is 4.90 Å². The van der Waals surface area contributed by atoms with Crippen LogP contribution in [0, 0.1) is 0 Å².